The summed E-state index contributed by atoms with van der Waals surface area (Å²) in [6, 6.07) is 1.22. The van der Waals surface area contributed by atoms with E-state index in [0.717, 1.165) is 51.4 Å². The molecule has 6 heteroatoms. The quantitative estimate of drug-likeness (QED) is 0.362. The molecule has 0 spiro atoms. The maximum absolute atomic E-state index is 13.8. The second-order valence-corrected chi connectivity index (χ2v) is 12.7. The number of ether oxygens (including phenoxy) is 1. The third kappa shape index (κ3) is 8.17. The zero-order chi connectivity index (χ0) is 26.9. The fourth-order valence-electron chi connectivity index (χ4n) is 7.94. The Bertz CT molecular complexity index is 704. The van der Waals surface area contributed by atoms with Gasteiger partial charge < -0.3 is 15.4 Å². The summed E-state index contributed by atoms with van der Waals surface area (Å²) in [5.74, 6) is 2.12. The first-order chi connectivity index (χ1) is 17.8. The Morgan fingerprint density at radius 2 is 1.73 bits per heavy atom. The highest BCUT2D eigenvalue weighted by molar-refractivity contribution is 5.83. The van der Waals surface area contributed by atoms with Crippen molar-refractivity contribution in [3.05, 3.63) is 0 Å². The van der Waals surface area contributed by atoms with Crippen LogP contribution in [0.5, 0.6) is 0 Å². The smallest absolute Gasteiger partial charge is 0.225 e. The van der Waals surface area contributed by atoms with Gasteiger partial charge in [-0.1, -0.05) is 60.3 Å². The summed E-state index contributed by atoms with van der Waals surface area (Å²) in [5.41, 5.74) is 0. The van der Waals surface area contributed by atoms with Gasteiger partial charge in [-0.3, -0.25) is 14.5 Å². The first kappa shape index (κ1) is 30.4. The third-order valence-corrected chi connectivity index (χ3v) is 9.89. The highest BCUT2D eigenvalue weighted by Crippen LogP contribution is 2.42. The molecule has 2 aliphatic heterocycles. The summed E-state index contributed by atoms with van der Waals surface area (Å²) in [7, 11) is 0. The summed E-state index contributed by atoms with van der Waals surface area (Å²) >= 11 is 0. The minimum atomic E-state index is -0.126. The molecule has 0 aromatic rings. The average Bonchev–Trinajstić information content (AvgIpc) is 2.86. The zero-order valence-electron chi connectivity index (χ0n) is 24.8. The summed E-state index contributed by atoms with van der Waals surface area (Å²) in [6.45, 7) is 16.6. The molecular formula is C31H57N3O3. The van der Waals surface area contributed by atoms with E-state index in [2.05, 4.69) is 57.1 Å². The van der Waals surface area contributed by atoms with Gasteiger partial charge >= 0.3 is 0 Å². The largest absolute Gasteiger partial charge is 0.381 e. The lowest BCUT2D eigenvalue weighted by Gasteiger charge is -2.48. The van der Waals surface area contributed by atoms with Crippen molar-refractivity contribution in [1.82, 2.24) is 15.5 Å². The number of hydrogen-bond donors (Lipinski definition) is 2. The van der Waals surface area contributed by atoms with Crippen LogP contribution in [0.1, 0.15) is 106 Å². The van der Waals surface area contributed by atoms with E-state index in [1.165, 1.54) is 38.5 Å². The molecule has 0 aromatic heterocycles. The van der Waals surface area contributed by atoms with E-state index in [0.29, 0.717) is 36.4 Å². The van der Waals surface area contributed by atoms with Gasteiger partial charge in [-0.25, -0.2) is 0 Å². The van der Waals surface area contributed by atoms with Crippen molar-refractivity contribution in [2.24, 2.45) is 35.5 Å². The van der Waals surface area contributed by atoms with Crippen molar-refractivity contribution < 1.29 is 14.3 Å². The molecule has 0 aromatic carbocycles. The molecule has 37 heavy (non-hydrogen) atoms. The van der Waals surface area contributed by atoms with Gasteiger partial charge in [-0.2, -0.15) is 0 Å². The van der Waals surface area contributed by atoms with Crippen LogP contribution >= 0.6 is 0 Å². The molecule has 2 N–H and O–H groups in total. The normalized spacial score (nSPS) is 33.5. The van der Waals surface area contributed by atoms with Crippen molar-refractivity contribution in [2.75, 3.05) is 26.3 Å². The fraction of sp³-hybridized carbons (Fsp3) is 0.935. The minimum Gasteiger partial charge on any atom is -0.381 e. The highest BCUT2D eigenvalue weighted by Gasteiger charge is 2.43. The van der Waals surface area contributed by atoms with E-state index < -0.39 is 0 Å². The summed E-state index contributed by atoms with van der Waals surface area (Å²) in [5, 5.41) is 6.35. The SMILES string of the molecule is CCCC(CCC)CC1CC(C(=O)NCC2C(=O)NC(C)CC2C)C(C)C(N(CC)C2CCOCC2)C1. The molecule has 0 radical (unpaired) electrons. The van der Waals surface area contributed by atoms with Crippen LogP contribution in [0, 0.1) is 35.5 Å². The first-order valence-electron chi connectivity index (χ1n) is 15.7. The molecule has 2 saturated heterocycles. The number of hydrogen-bond acceptors (Lipinski definition) is 4. The van der Waals surface area contributed by atoms with Gasteiger partial charge in [0.15, 0.2) is 0 Å². The van der Waals surface area contributed by atoms with Crippen LogP contribution in [-0.2, 0) is 14.3 Å². The first-order valence-corrected chi connectivity index (χ1v) is 15.7. The molecule has 7 unspecified atom stereocenters. The van der Waals surface area contributed by atoms with Crippen molar-refractivity contribution in [2.45, 2.75) is 124 Å². The topological polar surface area (TPSA) is 70.7 Å². The maximum Gasteiger partial charge on any atom is 0.225 e. The molecular weight excluding hydrogens is 462 g/mol. The van der Waals surface area contributed by atoms with Crippen molar-refractivity contribution in [3.63, 3.8) is 0 Å². The predicted molar refractivity (Wildman–Crippen MR) is 151 cm³/mol. The number of nitrogens with zero attached hydrogens (tertiary/aromatic N) is 1. The van der Waals surface area contributed by atoms with Gasteiger partial charge in [0.25, 0.3) is 0 Å². The average molecular weight is 520 g/mol. The number of nitrogens with one attached hydrogen (secondary N) is 2. The monoisotopic (exact) mass is 519 g/mol. The van der Waals surface area contributed by atoms with E-state index in [1.807, 2.05) is 0 Å². The number of amides is 2. The summed E-state index contributed by atoms with van der Waals surface area (Å²) in [4.78, 5) is 29.1. The van der Waals surface area contributed by atoms with Gasteiger partial charge in [0.2, 0.25) is 11.8 Å². The molecule has 3 fully saturated rings. The van der Waals surface area contributed by atoms with E-state index in [9.17, 15) is 9.59 Å². The van der Waals surface area contributed by atoms with E-state index in [1.54, 1.807) is 0 Å². The van der Waals surface area contributed by atoms with Gasteiger partial charge in [-0.15, -0.1) is 0 Å². The van der Waals surface area contributed by atoms with Crippen LogP contribution in [0.2, 0.25) is 0 Å². The molecule has 6 nitrogen and oxygen atoms in total. The van der Waals surface area contributed by atoms with Gasteiger partial charge in [-0.05, 0) is 75.7 Å². The predicted octanol–water partition coefficient (Wildman–Crippen LogP) is 5.40. The number of carbonyl (C=O) groups is 2. The lowest BCUT2D eigenvalue weighted by atomic mass is 9.67. The number of carbonyl (C=O) groups excluding carboxylic acids is 2. The van der Waals surface area contributed by atoms with Gasteiger partial charge in [0, 0.05) is 43.8 Å². The van der Waals surface area contributed by atoms with Gasteiger partial charge in [0.1, 0.15) is 0 Å². The second-order valence-electron chi connectivity index (χ2n) is 12.7. The molecule has 1 saturated carbocycles. The molecule has 2 heterocycles. The Hall–Kier alpha value is -1.14. The zero-order valence-corrected chi connectivity index (χ0v) is 24.8. The van der Waals surface area contributed by atoms with Crippen molar-refractivity contribution >= 4 is 11.8 Å². The molecule has 3 rings (SSSR count). The van der Waals surface area contributed by atoms with Crippen molar-refractivity contribution in [1.29, 1.82) is 0 Å². The lowest BCUT2D eigenvalue weighted by Crippen LogP contribution is -2.55. The second kappa shape index (κ2) is 14.9. The highest BCUT2D eigenvalue weighted by atomic mass is 16.5. The molecule has 2 amide bonds. The number of rotatable bonds is 12. The fourth-order valence-corrected chi connectivity index (χ4v) is 7.94. The molecule has 214 valence electrons. The van der Waals surface area contributed by atoms with Crippen LogP contribution in [0.4, 0.5) is 0 Å². The Morgan fingerprint density at radius 3 is 2.32 bits per heavy atom. The Balaban J connectivity index is 1.74. The molecule has 1 aliphatic carbocycles. The third-order valence-electron chi connectivity index (χ3n) is 9.89. The molecule has 7 atom stereocenters. The summed E-state index contributed by atoms with van der Waals surface area (Å²) < 4.78 is 5.69. The Kier molecular flexibility index (Phi) is 12.2. The molecule has 0 bridgehead atoms. The van der Waals surface area contributed by atoms with Crippen LogP contribution in [-0.4, -0.2) is 61.1 Å². The van der Waals surface area contributed by atoms with E-state index in [4.69, 9.17) is 4.74 Å². The Morgan fingerprint density at radius 1 is 1.05 bits per heavy atom. The Labute approximate surface area is 227 Å². The van der Waals surface area contributed by atoms with Gasteiger partial charge in [0.05, 0.1) is 5.92 Å². The minimum absolute atomic E-state index is 0.0161. The van der Waals surface area contributed by atoms with Crippen LogP contribution in [0.25, 0.3) is 0 Å². The van der Waals surface area contributed by atoms with E-state index >= 15 is 0 Å². The van der Waals surface area contributed by atoms with Crippen LogP contribution in [0.15, 0.2) is 0 Å². The van der Waals surface area contributed by atoms with Crippen molar-refractivity contribution in [3.8, 4) is 0 Å². The lowest BCUT2D eigenvalue weighted by molar-refractivity contribution is -0.133. The standard InChI is InChI=1S/C31H57N3O3/c1-7-10-24(11-8-2)17-25-18-27(30(35)32-20-28-21(4)16-22(5)33-31(28)36)23(6)29(19-25)34(9-3)26-12-14-37-15-13-26/h21-29H,7-20H2,1-6H3,(H,32,35)(H,33,36). The maximum atomic E-state index is 13.8. The van der Waals surface area contributed by atoms with Crippen LogP contribution < -0.4 is 10.6 Å². The molecule has 3 aliphatic rings. The summed E-state index contributed by atoms with van der Waals surface area (Å²) in [6.07, 6.45) is 11.7. The number of piperidine rings is 1. The van der Waals surface area contributed by atoms with E-state index in [-0.39, 0.29) is 29.7 Å². The van der Waals surface area contributed by atoms with Crippen LogP contribution in [0.3, 0.4) is 0 Å².